The molecule has 1 aromatic carbocycles. The first-order valence-corrected chi connectivity index (χ1v) is 6.62. The number of benzene rings is 1. The van der Waals surface area contributed by atoms with Crippen LogP contribution in [0.3, 0.4) is 0 Å². The smallest absolute Gasteiger partial charge is 0.131 e. The average Bonchev–Trinajstić information content (AvgIpc) is 2.57. The van der Waals surface area contributed by atoms with Crippen LogP contribution in [0.4, 0.5) is 8.78 Å². The van der Waals surface area contributed by atoms with E-state index in [0.29, 0.717) is 5.03 Å². The molecule has 1 N–H and O–H groups in total. The maximum Gasteiger partial charge on any atom is 0.131 e. The van der Waals surface area contributed by atoms with Gasteiger partial charge in [-0.3, -0.25) is 10.3 Å². The van der Waals surface area contributed by atoms with Crippen LogP contribution in [-0.4, -0.2) is 5.60 Å². The number of rotatable bonds is 3. The van der Waals surface area contributed by atoms with E-state index in [2.05, 4.69) is 5.48 Å². The van der Waals surface area contributed by atoms with Crippen molar-refractivity contribution >= 4 is 23.4 Å². The zero-order valence-electron chi connectivity index (χ0n) is 9.84. The molecule has 1 unspecified atom stereocenters. The molecule has 0 aromatic heterocycles. The van der Waals surface area contributed by atoms with Crippen LogP contribution < -0.4 is 5.48 Å². The van der Waals surface area contributed by atoms with Gasteiger partial charge < -0.3 is 0 Å². The van der Waals surface area contributed by atoms with Crippen LogP contribution in [0.1, 0.15) is 24.1 Å². The minimum Gasteiger partial charge on any atom is -0.265 e. The summed E-state index contributed by atoms with van der Waals surface area (Å²) in [5.74, 6) is -1.30. The summed E-state index contributed by atoms with van der Waals surface area (Å²) in [6, 6.07) is 3.68. The Balaban J connectivity index is 2.16. The molecule has 18 heavy (non-hydrogen) atoms. The lowest BCUT2D eigenvalue weighted by Gasteiger charge is -2.12. The topological polar surface area (TPSA) is 21.3 Å². The second kappa shape index (κ2) is 5.07. The highest BCUT2D eigenvalue weighted by Gasteiger charge is 2.27. The highest BCUT2D eigenvalue weighted by atomic mass is 35.5. The van der Waals surface area contributed by atoms with Gasteiger partial charge in [-0.2, -0.15) is 0 Å². The molecule has 6 heteroatoms. The molecule has 0 saturated heterocycles. The van der Waals surface area contributed by atoms with Crippen molar-refractivity contribution in [1.29, 1.82) is 0 Å². The van der Waals surface area contributed by atoms with Gasteiger partial charge >= 0.3 is 0 Å². The number of nitrogens with one attached hydrogen (secondary N) is 1. The predicted molar refractivity (Wildman–Crippen MR) is 68.9 cm³/mol. The number of alkyl halides is 1. The van der Waals surface area contributed by atoms with Crippen LogP contribution in [0.25, 0.3) is 0 Å². The lowest BCUT2D eigenvalue weighted by atomic mass is 10.1. The van der Waals surface area contributed by atoms with Gasteiger partial charge in [0.1, 0.15) is 21.9 Å². The molecule has 0 saturated carbocycles. The normalized spacial score (nSPS) is 19.3. The third-order valence-corrected chi connectivity index (χ3v) is 3.73. The highest BCUT2D eigenvalue weighted by Crippen LogP contribution is 2.41. The lowest BCUT2D eigenvalue weighted by Crippen LogP contribution is -2.20. The van der Waals surface area contributed by atoms with Gasteiger partial charge in [-0.1, -0.05) is 17.8 Å². The van der Waals surface area contributed by atoms with E-state index in [-0.39, 0.29) is 5.56 Å². The van der Waals surface area contributed by atoms with Gasteiger partial charge in [0.05, 0.1) is 10.6 Å². The van der Waals surface area contributed by atoms with Crippen molar-refractivity contribution in [1.82, 2.24) is 5.48 Å². The van der Waals surface area contributed by atoms with E-state index >= 15 is 0 Å². The summed E-state index contributed by atoms with van der Waals surface area (Å²) in [5, 5.41) is 0.641. The second-order valence-electron chi connectivity index (χ2n) is 4.39. The van der Waals surface area contributed by atoms with E-state index in [4.69, 9.17) is 16.4 Å². The zero-order chi connectivity index (χ0) is 13.3. The first kappa shape index (κ1) is 13.6. The van der Waals surface area contributed by atoms with Gasteiger partial charge in [0.25, 0.3) is 0 Å². The van der Waals surface area contributed by atoms with Crippen molar-refractivity contribution in [3.63, 3.8) is 0 Å². The van der Waals surface area contributed by atoms with E-state index < -0.39 is 21.9 Å². The summed E-state index contributed by atoms with van der Waals surface area (Å²) >= 11 is 7.14. The van der Waals surface area contributed by atoms with Crippen LogP contribution in [0, 0.1) is 11.6 Å². The lowest BCUT2D eigenvalue weighted by molar-refractivity contribution is -0.0126. The molecule has 0 fully saturated rings. The molecule has 2 rings (SSSR count). The molecular weight excluding hydrogens is 280 g/mol. The zero-order valence-corrected chi connectivity index (χ0v) is 11.4. The Morgan fingerprint density at radius 2 is 1.94 bits per heavy atom. The second-order valence-corrected chi connectivity index (χ2v) is 6.23. The third-order valence-electron chi connectivity index (χ3n) is 2.35. The van der Waals surface area contributed by atoms with E-state index in [0.717, 1.165) is 11.8 Å². The van der Waals surface area contributed by atoms with Gasteiger partial charge in [0, 0.05) is 0 Å². The van der Waals surface area contributed by atoms with E-state index in [1.165, 1.54) is 18.2 Å². The van der Waals surface area contributed by atoms with Crippen LogP contribution >= 0.6 is 23.4 Å². The number of thioether (sulfide) groups is 1. The molecular formula is C12H12ClF2NOS. The largest absolute Gasteiger partial charge is 0.265 e. The Labute approximate surface area is 113 Å². The molecule has 98 valence electrons. The third kappa shape index (κ3) is 2.96. The number of hydrogen-bond donors (Lipinski definition) is 1. The molecule has 1 aliphatic heterocycles. The Bertz CT molecular complexity index is 473. The summed E-state index contributed by atoms with van der Waals surface area (Å²) < 4.78 is 26.2. The van der Waals surface area contributed by atoms with Crippen molar-refractivity contribution in [2.24, 2.45) is 0 Å². The summed E-state index contributed by atoms with van der Waals surface area (Å²) in [6.45, 7) is 3.72. The number of hydroxylamine groups is 1. The Kier molecular flexibility index (Phi) is 3.84. The minimum atomic E-state index is -0.859. The summed E-state index contributed by atoms with van der Waals surface area (Å²) in [4.78, 5) is 5.24. The van der Waals surface area contributed by atoms with Gasteiger partial charge in [-0.25, -0.2) is 8.78 Å². The van der Waals surface area contributed by atoms with E-state index in [1.54, 1.807) is 0 Å². The fourth-order valence-corrected chi connectivity index (χ4v) is 3.02. The maximum absolute atomic E-state index is 13.5. The van der Waals surface area contributed by atoms with E-state index in [1.807, 2.05) is 19.9 Å². The first-order valence-electron chi connectivity index (χ1n) is 5.30. The summed E-state index contributed by atoms with van der Waals surface area (Å²) in [5.41, 5.74) is 2.09. The highest BCUT2D eigenvalue weighted by molar-refractivity contribution is 8.04. The fraction of sp³-hybridized carbons (Fsp3) is 0.333. The minimum absolute atomic E-state index is 0.142. The quantitative estimate of drug-likeness (QED) is 0.848. The number of hydrogen-bond acceptors (Lipinski definition) is 3. The van der Waals surface area contributed by atoms with E-state index in [9.17, 15) is 8.78 Å². The molecule has 0 aliphatic carbocycles. The molecule has 1 aromatic rings. The molecule has 0 bridgehead atoms. The first-order chi connectivity index (χ1) is 8.39. The maximum atomic E-state index is 13.5. The fourth-order valence-electron chi connectivity index (χ4n) is 1.51. The molecule has 0 amide bonds. The van der Waals surface area contributed by atoms with Crippen LogP contribution in [0.2, 0.25) is 0 Å². The molecule has 0 radical (unpaired) electrons. The van der Waals surface area contributed by atoms with Crippen molar-refractivity contribution in [2.75, 3.05) is 0 Å². The predicted octanol–water partition coefficient (Wildman–Crippen LogP) is 4.09. The number of halogens is 3. The molecule has 1 atom stereocenters. The summed E-state index contributed by atoms with van der Waals surface area (Å²) in [6.07, 6.45) is 1.81. The van der Waals surface area contributed by atoms with Crippen LogP contribution in [0.5, 0.6) is 0 Å². The Hall–Kier alpha value is -0.780. The van der Waals surface area contributed by atoms with Crippen molar-refractivity contribution in [3.05, 3.63) is 46.5 Å². The average molecular weight is 292 g/mol. The molecule has 1 aliphatic rings. The van der Waals surface area contributed by atoms with Gasteiger partial charge in [0.15, 0.2) is 0 Å². The molecule has 0 spiro atoms. The van der Waals surface area contributed by atoms with Gasteiger partial charge in [-0.15, -0.1) is 11.6 Å². The SMILES string of the molecule is CC1(C)C=C(SC(Cl)c2c(F)cccc2F)NO1. The standard InChI is InChI=1S/C12H12ClF2NOS/c1-12(2)6-9(16-17-12)18-11(13)10-7(14)4-3-5-8(10)15/h3-6,11,16H,1-2H3. The van der Waals surface area contributed by atoms with Gasteiger partial charge in [-0.05, 0) is 32.1 Å². The van der Waals surface area contributed by atoms with Crippen molar-refractivity contribution < 1.29 is 13.6 Å². The van der Waals surface area contributed by atoms with Crippen LogP contribution in [-0.2, 0) is 4.84 Å². The Morgan fingerprint density at radius 3 is 2.44 bits per heavy atom. The van der Waals surface area contributed by atoms with Crippen molar-refractivity contribution in [3.8, 4) is 0 Å². The molecule has 1 heterocycles. The van der Waals surface area contributed by atoms with Crippen LogP contribution in [0.15, 0.2) is 29.3 Å². The van der Waals surface area contributed by atoms with Crippen molar-refractivity contribution in [2.45, 2.75) is 24.2 Å². The Morgan fingerprint density at radius 1 is 1.33 bits per heavy atom. The monoisotopic (exact) mass is 291 g/mol. The van der Waals surface area contributed by atoms with Gasteiger partial charge in [0.2, 0.25) is 0 Å². The summed E-state index contributed by atoms with van der Waals surface area (Å²) in [7, 11) is 0. The molecule has 2 nitrogen and oxygen atoms in total.